The summed E-state index contributed by atoms with van der Waals surface area (Å²) in [6.45, 7) is 6.62. The molecule has 2 saturated carbocycles. The molecule has 0 unspecified atom stereocenters. The van der Waals surface area contributed by atoms with E-state index < -0.39 is 5.97 Å². The molecule has 5 nitrogen and oxygen atoms in total. The van der Waals surface area contributed by atoms with E-state index >= 15 is 0 Å². The number of carbonyl (C=O) groups is 3. The van der Waals surface area contributed by atoms with Crippen molar-refractivity contribution in [2.24, 2.45) is 35.5 Å². The number of esters is 1. The van der Waals surface area contributed by atoms with Gasteiger partial charge in [0.1, 0.15) is 5.75 Å². The predicted octanol–water partition coefficient (Wildman–Crippen LogP) is 3.72. The van der Waals surface area contributed by atoms with Crippen molar-refractivity contribution in [2.75, 3.05) is 6.54 Å². The van der Waals surface area contributed by atoms with E-state index in [1.807, 2.05) is 12.1 Å². The van der Waals surface area contributed by atoms with Crippen LogP contribution in [-0.2, 0) is 19.8 Å². The molecule has 2 bridgehead atoms. The zero-order valence-corrected chi connectivity index (χ0v) is 17.8. The van der Waals surface area contributed by atoms with Crippen molar-refractivity contribution in [3.63, 3.8) is 0 Å². The fourth-order valence-electron chi connectivity index (χ4n) is 5.80. The predicted molar refractivity (Wildman–Crippen MR) is 111 cm³/mol. The molecular formula is C25H29NO4. The smallest absolute Gasteiger partial charge is 0.312 e. The molecular weight excluding hydrogens is 378 g/mol. The zero-order chi connectivity index (χ0) is 21.2. The van der Waals surface area contributed by atoms with Gasteiger partial charge in [-0.05, 0) is 59.6 Å². The largest absolute Gasteiger partial charge is 0.426 e. The number of amides is 2. The first-order valence-electron chi connectivity index (χ1n) is 11.2. The van der Waals surface area contributed by atoms with Gasteiger partial charge in [-0.1, -0.05) is 45.1 Å². The number of hydrogen-bond donors (Lipinski definition) is 0. The fourth-order valence-corrected chi connectivity index (χ4v) is 5.80. The number of ether oxygens (including phenoxy) is 1. The molecule has 1 aromatic rings. The summed E-state index contributed by atoms with van der Waals surface area (Å²) < 4.78 is 5.44. The van der Waals surface area contributed by atoms with E-state index in [0.29, 0.717) is 17.6 Å². The average Bonchev–Trinajstić information content (AvgIpc) is 3.52. The minimum atomic E-state index is -0.420. The van der Waals surface area contributed by atoms with Crippen molar-refractivity contribution in [3.8, 4) is 5.75 Å². The van der Waals surface area contributed by atoms with E-state index in [4.69, 9.17) is 4.74 Å². The van der Waals surface area contributed by atoms with Crippen molar-refractivity contribution in [2.45, 2.75) is 45.4 Å². The molecule has 158 valence electrons. The minimum absolute atomic E-state index is 0.0226. The fraction of sp³-hybridized carbons (Fsp3) is 0.560. The van der Waals surface area contributed by atoms with E-state index in [2.05, 4.69) is 32.9 Å². The summed E-state index contributed by atoms with van der Waals surface area (Å²) in [5.74, 6) is 1.08. The van der Waals surface area contributed by atoms with Gasteiger partial charge in [0.2, 0.25) is 11.8 Å². The van der Waals surface area contributed by atoms with E-state index in [0.717, 1.165) is 12.8 Å². The van der Waals surface area contributed by atoms with Crippen LogP contribution in [0.5, 0.6) is 5.75 Å². The highest BCUT2D eigenvalue weighted by Gasteiger charge is 2.66. The van der Waals surface area contributed by atoms with Crippen LogP contribution in [0.4, 0.5) is 0 Å². The van der Waals surface area contributed by atoms with Crippen LogP contribution in [0, 0.1) is 35.5 Å². The van der Waals surface area contributed by atoms with Gasteiger partial charge in [0.15, 0.2) is 0 Å². The van der Waals surface area contributed by atoms with E-state index in [-0.39, 0.29) is 53.9 Å². The summed E-state index contributed by atoms with van der Waals surface area (Å²) in [5.41, 5.74) is 1.27. The molecule has 1 saturated heterocycles. The SMILES string of the molecule is CCC(C)(C)c1ccc(OC(=O)CCN2C(=O)[C@@H]3[C@H]4C=C[C@@H]([C@@H]5C[C@@H]45)[C@@H]3C2=O)cc1. The summed E-state index contributed by atoms with van der Waals surface area (Å²) in [5, 5.41) is 0. The molecule has 5 heteroatoms. The summed E-state index contributed by atoms with van der Waals surface area (Å²) in [4.78, 5) is 39.6. The standard InChI is InChI=1S/C25H29NO4/c1-4-25(2,3)14-5-7-15(8-6-14)30-20(27)11-12-26-23(28)21-16-9-10-17(19-13-18(16)19)22(21)24(26)29/h5-10,16-19,21-22H,4,11-13H2,1-3H3/t16-,17-,18-,19-,21-,22+/m0/s1. The number of benzene rings is 1. The second-order valence-electron chi connectivity index (χ2n) is 9.97. The Bertz CT molecular complexity index is 895. The number of hydrogen-bond acceptors (Lipinski definition) is 4. The first-order chi connectivity index (χ1) is 14.3. The number of rotatable bonds is 6. The molecule has 0 spiro atoms. The number of carbonyl (C=O) groups excluding carboxylic acids is 3. The van der Waals surface area contributed by atoms with Crippen molar-refractivity contribution in [1.82, 2.24) is 4.90 Å². The third-order valence-electron chi connectivity index (χ3n) is 8.04. The summed E-state index contributed by atoms with van der Waals surface area (Å²) >= 11 is 0. The lowest BCUT2D eigenvalue weighted by Crippen LogP contribution is -2.40. The molecule has 0 radical (unpaired) electrons. The van der Waals surface area contributed by atoms with Gasteiger partial charge in [0, 0.05) is 6.54 Å². The first-order valence-corrected chi connectivity index (χ1v) is 11.2. The molecule has 0 aromatic heterocycles. The number of imide groups is 1. The Morgan fingerprint density at radius 1 is 1.03 bits per heavy atom. The highest BCUT2D eigenvalue weighted by molar-refractivity contribution is 6.06. The van der Waals surface area contributed by atoms with Crippen molar-refractivity contribution in [1.29, 1.82) is 0 Å². The molecule has 1 aliphatic heterocycles. The molecule has 1 heterocycles. The Hall–Kier alpha value is -2.43. The molecule has 5 aliphatic rings. The zero-order valence-electron chi connectivity index (χ0n) is 17.8. The van der Waals surface area contributed by atoms with Crippen LogP contribution in [0.1, 0.15) is 45.6 Å². The van der Waals surface area contributed by atoms with Gasteiger partial charge in [-0.3, -0.25) is 19.3 Å². The van der Waals surface area contributed by atoms with Crippen molar-refractivity contribution in [3.05, 3.63) is 42.0 Å². The first kappa shape index (κ1) is 19.5. The minimum Gasteiger partial charge on any atom is -0.426 e. The highest BCUT2D eigenvalue weighted by atomic mass is 16.5. The maximum absolute atomic E-state index is 13.0. The lowest BCUT2D eigenvalue weighted by molar-refractivity contribution is -0.141. The summed E-state index contributed by atoms with van der Waals surface area (Å²) in [6.07, 6.45) is 6.51. The molecule has 4 aliphatic carbocycles. The number of likely N-dealkylation sites (tertiary alicyclic amines) is 1. The molecule has 1 aromatic carbocycles. The molecule has 6 rings (SSSR count). The second kappa shape index (κ2) is 6.79. The number of allylic oxidation sites excluding steroid dienone is 2. The Kier molecular flexibility index (Phi) is 4.42. The Labute approximate surface area is 177 Å². The normalized spacial score (nSPS) is 33.5. The van der Waals surface area contributed by atoms with E-state index in [1.54, 1.807) is 12.1 Å². The van der Waals surface area contributed by atoms with Crippen LogP contribution >= 0.6 is 0 Å². The molecule has 3 fully saturated rings. The van der Waals surface area contributed by atoms with Crippen LogP contribution < -0.4 is 4.74 Å². The Morgan fingerprint density at radius 2 is 1.60 bits per heavy atom. The summed E-state index contributed by atoms with van der Waals surface area (Å²) in [7, 11) is 0. The monoisotopic (exact) mass is 407 g/mol. The van der Waals surface area contributed by atoms with Gasteiger partial charge in [0.25, 0.3) is 0 Å². The van der Waals surface area contributed by atoms with E-state index in [9.17, 15) is 14.4 Å². The van der Waals surface area contributed by atoms with Gasteiger partial charge in [-0.2, -0.15) is 0 Å². The van der Waals surface area contributed by atoms with Gasteiger partial charge in [-0.15, -0.1) is 0 Å². The Balaban J connectivity index is 1.19. The highest BCUT2D eigenvalue weighted by Crippen LogP contribution is 2.65. The maximum Gasteiger partial charge on any atom is 0.312 e. The molecule has 30 heavy (non-hydrogen) atoms. The molecule has 0 N–H and O–H groups in total. The third-order valence-corrected chi connectivity index (χ3v) is 8.04. The maximum atomic E-state index is 13.0. The third kappa shape index (κ3) is 2.93. The van der Waals surface area contributed by atoms with Gasteiger partial charge in [-0.25, -0.2) is 0 Å². The van der Waals surface area contributed by atoms with Gasteiger partial charge in [0.05, 0.1) is 18.3 Å². The van der Waals surface area contributed by atoms with E-state index in [1.165, 1.54) is 10.5 Å². The quantitative estimate of drug-likeness (QED) is 0.312. The second-order valence-corrected chi connectivity index (χ2v) is 9.97. The van der Waals surface area contributed by atoms with Gasteiger partial charge >= 0.3 is 5.97 Å². The van der Waals surface area contributed by atoms with Crippen LogP contribution in [-0.4, -0.2) is 29.2 Å². The van der Waals surface area contributed by atoms with Gasteiger partial charge < -0.3 is 4.74 Å². The van der Waals surface area contributed by atoms with Crippen LogP contribution in [0.15, 0.2) is 36.4 Å². The molecule has 6 atom stereocenters. The van der Waals surface area contributed by atoms with Crippen LogP contribution in [0.25, 0.3) is 0 Å². The summed E-state index contributed by atoms with van der Waals surface area (Å²) in [6, 6.07) is 7.58. The lowest BCUT2D eigenvalue weighted by atomic mass is 9.63. The van der Waals surface area contributed by atoms with Crippen molar-refractivity contribution < 1.29 is 19.1 Å². The van der Waals surface area contributed by atoms with Crippen molar-refractivity contribution >= 4 is 17.8 Å². The average molecular weight is 408 g/mol. The van der Waals surface area contributed by atoms with Crippen LogP contribution in [0.2, 0.25) is 0 Å². The number of nitrogens with zero attached hydrogens (tertiary/aromatic N) is 1. The van der Waals surface area contributed by atoms with Crippen LogP contribution in [0.3, 0.4) is 0 Å². The Morgan fingerprint density at radius 3 is 2.13 bits per heavy atom. The molecule has 2 amide bonds. The topological polar surface area (TPSA) is 63.7 Å². The lowest BCUT2D eigenvalue weighted by Gasteiger charge is -2.37.